The molecule has 19 heavy (non-hydrogen) atoms. The molecule has 0 radical (unpaired) electrons. The molecule has 2 rings (SSSR count). The Morgan fingerprint density at radius 2 is 1.89 bits per heavy atom. The van der Waals surface area contributed by atoms with Crippen LogP contribution in [-0.4, -0.2) is 5.11 Å². The van der Waals surface area contributed by atoms with Crippen LogP contribution < -0.4 is 4.74 Å². The molecule has 5 heteroatoms. The Hall–Kier alpha value is -1.65. The summed E-state index contributed by atoms with van der Waals surface area (Å²) in [6.07, 6.45) is -0.786. The molecular weight excluding hydrogens is 274 g/mol. The summed E-state index contributed by atoms with van der Waals surface area (Å²) >= 11 is 5.60. The summed E-state index contributed by atoms with van der Waals surface area (Å²) in [5.41, 5.74) is 0.413. The lowest BCUT2D eigenvalue weighted by atomic mass is 10.1. The highest BCUT2D eigenvalue weighted by Crippen LogP contribution is 2.31. The minimum Gasteiger partial charge on any atom is -0.451 e. The molecule has 0 aliphatic heterocycles. The van der Waals surface area contributed by atoms with E-state index in [1.165, 1.54) is 37.3 Å². The number of benzene rings is 2. The quantitative estimate of drug-likeness (QED) is 0.901. The molecule has 0 aromatic heterocycles. The predicted molar refractivity (Wildman–Crippen MR) is 68.5 cm³/mol. The highest BCUT2D eigenvalue weighted by atomic mass is 35.5. The van der Waals surface area contributed by atoms with Crippen LogP contribution in [0.4, 0.5) is 8.78 Å². The predicted octanol–water partition coefficient (Wildman–Crippen LogP) is 4.46. The van der Waals surface area contributed by atoms with Gasteiger partial charge in [-0.25, -0.2) is 8.78 Å². The van der Waals surface area contributed by atoms with E-state index >= 15 is 0 Å². The Labute approximate surface area is 114 Å². The Morgan fingerprint density at radius 3 is 2.53 bits per heavy atom. The first-order valence-corrected chi connectivity index (χ1v) is 5.96. The van der Waals surface area contributed by atoms with Crippen LogP contribution in [0.25, 0.3) is 0 Å². The second-order valence-electron chi connectivity index (χ2n) is 4.02. The summed E-state index contributed by atoms with van der Waals surface area (Å²) < 4.78 is 32.5. The molecular formula is C14H11ClF2O2. The van der Waals surface area contributed by atoms with Crippen LogP contribution in [0.15, 0.2) is 36.4 Å². The summed E-state index contributed by atoms with van der Waals surface area (Å²) in [7, 11) is 0. The van der Waals surface area contributed by atoms with Crippen molar-refractivity contribution in [3.63, 3.8) is 0 Å². The van der Waals surface area contributed by atoms with Crippen molar-refractivity contribution in [2.24, 2.45) is 0 Å². The summed E-state index contributed by atoms with van der Waals surface area (Å²) in [6.45, 7) is 1.52. The van der Waals surface area contributed by atoms with Gasteiger partial charge >= 0.3 is 0 Å². The molecule has 0 bridgehead atoms. The van der Waals surface area contributed by atoms with E-state index in [0.29, 0.717) is 5.56 Å². The monoisotopic (exact) mass is 284 g/mol. The number of hydrogen-bond acceptors (Lipinski definition) is 2. The zero-order chi connectivity index (χ0) is 14.0. The topological polar surface area (TPSA) is 29.5 Å². The molecule has 2 aromatic carbocycles. The van der Waals surface area contributed by atoms with Gasteiger partial charge in [0, 0.05) is 0 Å². The molecule has 0 aliphatic rings. The molecule has 0 fully saturated rings. The van der Waals surface area contributed by atoms with Gasteiger partial charge in [0.2, 0.25) is 0 Å². The summed E-state index contributed by atoms with van der Waals surface area (Å²) in [6, 6.07) is 8.20. The number of halogens is 3. The second-order valence-corrected chi connectivity index (χ2v) is 4.43. The average Bonchev–Trinajstić information content (AvgIpc) is 2.37. The molecule has 1 atom stereocenters. The van der Waals surface area contributed by atoms with Crippen LogP contribution in [-0.2, 0) is 0 Å². The van der Waals surface area contributed by atoms with Gasteiger partial charge < -0.3 is 9.84 Å². The van der Waals surface area contributed by atoms with Crippen LogP contribution in [0.1, 0.15) is 18.6 Å². The smallest absolute Gasteiger partial charge is 0.184 e. The Balaban J connectivity index is 2.31. The zero-order valence-corrected chi connectivity index (χ0v) is 10.8. The van der Waals surface area contributed by atoms with Crippen molar-refractivity contribution < 1.29 is 18.6 Å². The van der Waals surface area contributed by atoms with Gasteiger partial charge in [-0.3, -0.25) is 0 Å². The summed E-state index contributed by atoms with van der Waals surface area (Å²) in [4.78, 5) is 0. The van der Waals surface area contributed by atoms with Crippen LogP contribution in [0.3, 0.4) is 0 Å². The lowest BCUT2D eigenvalue weighted by Gasteiger charge is -2.10. The molecule has 100 valence electrons. The van der Waals surface area contributed by atoms with E-state index in [-0.39, 0.29) is 16.5 Å². The van der Waals surface area contributed by atoms with Gasteiger partial charge in [0.25, 0.3) is 0 Å². The van der Waals surface area contributed by atoms with Crippen molar-refractivity contribution in [1.29, 1.82) is 0 Å². The van der Waals surface area contributed by atoms with Gasteiger partial charge in [-0.15, -0.1) is 0 Å². The average molecular weight is 285 g/mol. The van der Waals surface area contributed by atoms with Gasteiger partial charge in [-0.1, -0.05) is 23.7 Å². The SMILES string of the molecule is C[C@H](O)c1ccc(Oc2cccc(Cl)c2F)c(F)c1. The molecule has 0 spiro atoms. The van der Waals surface area contributed by atoms with Crippen molar-refractivity contribution in [3.05, 3.63) is 58.6 Å². The number of aliphatic hydroxyl groups excluding tert-OH is 1. The van der Waals surface area contributed by atoms with Crippen molar-refractivity contribution in [3.8, 4) is 11.5 Å². The van der Waals surface area contributed by atoms with E-state index in [1.807, 2.05) is 0 Å². The van der Waals surface area contributed by atoms with E-state index in [4.69, 9.17) is 16.3 Å². The molecule has 1 N–H and O–H groups in total. The first-order chi connectivity index (χ1) is 8.99. The Bertz CT molecular complexity index is 600. The van der Waals surface area contributed by atoms with Gasteiger partial charge in [-0.2, -0.15) is 0 Å². The highest BCUT2D eigenvalue weighted by molar-refractivity contribution is 6.30. The molecule has 2 aromatic rings. The number of ether oxygens (including phenoxy) is 1. The maximum Gasteiger partial charge on any atom is 0.184 e. The second kappa shape index (κ2) is 5.55. The lowest BCUT2D eigenvalue weighted by molar-refractivity contribution is 0.198. The third-order valence-corrected chi connectivity index (χ3v) is 2.87. The van der Waals surface area contributed by atoms with Crippen LogP contribution in [0.2, 0.25) is 5.02 Å². The Kier molecular flexibility index (Phi) is 4.02. The summed E-state index contributed by atoms with van der Waals surface area (Å²) in [5.74, 6) is -1.72. The molecule has 0 aliphatic carbocycles. The number of rotatable bonds is 3. The van der Waals surface area contributed by atoms with Crippen LogP contribution >= 0.6 is 11.6 Å². The normalized spacial score (nSPS) is 12.3. The van der Waals surface area contributed by atoms with E-state index in [9.17, 15) is 13.9 Å². The van der Waals surface area contributed by atoms with E-state index in [1.54, 1.807) is 0 Å². The molecule has 0 amide bonds. The van der Waals surface area contributed by atoms with Gasteiger partial charge in [-0.05, 0) is 36.8 Å². The largest absolute Gasteiger partial charge is 0.451 e. The Morgan fingerprint density at radius 1 is 1.16 bits per heavy atom. The number of aliphatic hydroxyl groups is 1. The van der Waals surface area contributed by atoms with E-state index < -0.39 is 17.7 Å². The lowest BCUT2D eigenvalue weighted by Crippen LogP contribution is -1.95. The molecule has 0 saturated carbocycles. The highest BCUT2D eigenvalue weighted by Gasteiger charge is 2.12. The van der Waals surface area contributed by atoms with Crippen molar-refractivity contribution in [2.75, 3.05) is 0 Å². The van der Waals surface area contributed by atoms with Crippen molar-refractivity contribution in [2.45, 2.75) is 13.0 Å². The van der Waals surface area contributed by atoms with E-state index in [0.717, 1.165) is 6.07 Å². The first-order valence-electron chi connectivity index (χ1n) is 5.58. The fraction of sp³-hybridized carbons (Fsp3) is 0.143. The third kappa shape index (κ3) is 3.03. The van der Waals surface area contributed by atoms with Crippen molar-refractivity contribution in [1.82, 2.24) is 0 Å². The maximum atomic E-state index is 13.7. The maximum absolute atomic E-state index is 13.7. The standard InChI is InChI=1S/C14H11ClF2O2/c1-8(18)9-5-6-12(11(16)7-9)19-13-4-2-3-10(15)14(13)17/h2-8,18H,1H3/t8-/m0/s1. The van der Waals surface area contributed by atoms with Crippen LogP contribution in [0, 0.1) is 11.6 Å². The van der Waals surface area contributed by atoms with Gasteiger partial charge in [0.05, 0.1) is 11.1 Å². The van der Waals surface area contributed by atoms with Gasteiger partial charge in [0.15, 0.2) is 23.1 Å². The minimum atomic E-state index is -0.786. The molecule has 0 unspecified atom stereocenters. The van der Waals surface area contributed by atoms with Crippen LogP contribution in [0.5, 0.6) is 11.5 Å². The van der Waals surface area contributed by atoms with E-state index in [2.05, 4.69) is 0 Å². The molecule has 2 nitrogen and oxygen atoms in total. The minimum absolute atomic E-state index is 0.0986. The summed E-state index contributed by atoms with van der Waals surface area (Å²) in [5, 5.41) is 9.23. The fourth-order valence-corrected chi connectivity index (χ4v) is 1.71. The molecule has 0 saturated heterocycles. The van der Waals surface area contributed by atoms with Gasteiger partial charge in [0.1, 0.15) is 0 Å². The fourth-order valence-electron chi connectivity index (χ4n) is 1.54. The zero-order valence-electron chi connectivity index (χ0n) is 10.0. The third-order valence-electron chi connectivity index (χ3n) is 2.57. The first kappa shape index (κ1) is 13.8. The molecule has 0 heterocycles. The number of hydrogen-bond donors (Lipinski definition) is 1. The van der Waals surface area contributed by atoms with Crippen molar-refractivity contribution >= 4 is 11.6 Å².